The lowest BCUT2D eigenvalue weighted by atomic mass is 10.2. The van der Waals surface area contributed by atoms with Gasteiger partial charge >= 0.3 is 0 Å². The highest BCUT2D eigenvalue weighted by Crippen LogP contribution is 2.12. The lowest BCUT2D eigenvalue weighted by Crippen LogP contribution is -2.14. The highest BCUT2D eigenvalue weighted by molar-refractivity contribution is 7.98. The summed E-state index contributed by atoms with van der Waals surface area (Å²) in [5.74, 6) is 1.45. The Hall–Kier alpha value is -0.510. The zero-order valence-corrected chi connectivity index (χ0v) is 8.13. The van der Waals surface area contributed by atoms with Gasteiger partial charge < -0.3 is 10.2 Å². The lowest BCUT2D eigenvalue weighted by Gasteiger charge is -2.05. The molecule has 0 bridgehead atoms. The van der Waals surface area contributed by atoms with Gasteiger partial charge in [-0.15, -0.1) is 0 Å². The van der Waals surface area contributed by atoms with Gasteiger partial charge in [-0.1, -0.05) is 24.3 Å². The van der Waals surface area contributed by atoms with Crippen LogP contribution in [0.5, 0.6) is 0 Å². The van der Waals surface area contributed by atoms with Gasteiger partial charge in [0.15, 0.2) is 0 Å². The predicted octanol–water partition coefficient (Wildman–Crippen LogP) is 1.07. The lowest BCUT2D eigenvalue weighted by molar-refractivity contribution is 0.113. The van der Waals surface area contributed by atoms with Crippen LogP contribution in [-0.4, -0.2) is 28.7 Å². The molecule has 1 aromatic carbocycles. The van der Waals surface area contributed by atoms with Crippen molar-refractivity contribution >= 4 is 11.8 Å². The zero-order valence-electron chi connectivity index (χ0n) is 7.31. The summed E-state index contributed by atoms with van der Waals surface area (Å²) < 4.78 is 0. The molecule has 2 nitrogen and oxygen atoms in total. The summed E-state index contributed by atoms with van der Waals surface area (Å²) in [6.07, 6.45) is -0.597. The molecule has 1 atom stereocenters. The van der Waals surface area contributed by atoms with Gasteiger partial charge in [-0.2, -0.15) is 11.8 Å². The normalized spacial score (nSPS) is 12.8. The smallest absolute Gasteiger partial charge is 0.0861 e. The molecule has 0 aliphatic heterocycles. The number of rotatable bonds is 5. The zero-order chi connectivity index (χ0) is 9.52. The topological polar surface area (TPSA) is 40.5 Å². The van der Waals surface area contributed by atoms with Crippen LogP contribution < -0.4 is 0 Å². The molecule has 1 rings (SSSR count). The first-order valence-corrected chi connectivity index (χ1v) is 5.30. The van der Waals surface area contributed by atoms with Crippen LogP contribution in [0.3, 0.4) is 0 Å². The Morgan fingerprint density at radius 2 is 2.08 bits per heavy atom. The molecule has 0 aliphatic rings. The fourth-order valence-corrected chi connectivity index (χ4v) is 1.81. The van der Waals surface area contributed by atoms with Crippen molar-refractivity contribution in [2.24, 2.45) is 0 Å². The van der Waals surface area contributed by atoms with Crippen LogP contribution in [0.25, 0.3) is 0 Å². The third-order valence-corrected chi connectivity index (χ3v) is 2.73. The maximum atomic E-state index is 9.06. The fourth-order valence-electron chi connectivity index (χ4n) is 0.883. The predicted molar refractivity (Wildman–Crippen MR) is 54.5 cm³/mol. The van der Waals surface area contributed by atoms with E-state index in [1.54, 1.807) is 11.8 Å². The Kier molecular flexibility index (Phi) is 4.90. The Balaban J connectivity index is 2.20. The first kappa shape index (κ1) is 10.6. The Morgan fingerprint density at radius 3 is 2.69 bits per heavy atom. The summed E-state index contributed by atoms with van der Waals surface area (Å²) in [6, 6.07) is 10.7. The van der Waals surface area contributed by atoms with Crippen molar-refractivity contribution in [2.45, 2.75) is 11.9 Å². The molecular weight excluding hydrogens is 184 g/mol. The molecule has 71 valence electrons. The summed E-state index contributed by atoms with van der Waals surface area (Å²) in [7, 11) is 0. The second kappa shape index (κ2) is 6.02. The van der Waals surface area contributed by atoms with Gasteiger partial charge in [-0.25, -0.2) is 0 Å². The molecule has 0 aliphatic carbocycles. The van der Waals surface area contributed by atoms with Gasteiger partial charge in [0.05, 0.1) is 12.7 Å². The average molecular weight is 197 g/mol. The van der Waals surface area contributed by atoms with E-state index in [1.165, 1.54) is 5.56 Å². The molecule has 1 unspecified atom stereocenters. The van der Waals surface area contributed by atoms with Crippen molar-refractivity contribution in [2.75, 3.05) is 12.4 Å². The highest BCUT2D eigenvalue weighted by Gasteiger charge is 2.01. The molecule has 0 aromatic heterocycles. The summed E-state index contributed by atoms with van der Waals surface area (Å²) in [5.41, 5.74) is 1.22. The first-order chi connectivity index (χ1) is 6.33. The number of hydrogen-bond acceptors (Lipinski definition) is 3. The molecular formula is C10H13O2S. The fraction of sp³-hybridized carbons (Fsp3) is 0.400. The van der Waals surface area contributed by atoms with E-state index in [0.717, 1.165) is 5.75 Å². The Bertz CT molecular complexity index is 226. The maximum Gasteiger partial charge on any atom is 0.0861 e. The number of hydrogen-bond donors (Lipinski definition) is 2. The number of benzene rings is 1. The molecule has 0 saturated carbocycles. The van der Waals surface area contributed by atoms with Gasteiger partial charge in [0.1, 0.15) is 0 Å². The molecule has 2 N–H and O–H groups in total. The van der Waals surface area contributed by atoms with E-state index in [9.17, 15) is 0 Å². The standard InChI is InChI=1S/C10H13O2S/c11-6-10(12)8-13-7-9-4-2-1-3-5-9/h2-5,10-12H,6-8H2. The van der Waals surface area contributed by atoms with Crippen LogP contribution in [0.4, 0.5) is 0 Å². The Morgan fingerprint density at radius 1 is 1.38 bits per heavy atom. The average Bonchev–Trinajstić information content (AvgIpc) is 2.19. The summed E-state index contributed by atoms with van der Waals surface area (Å²) >= 11 is 1.62. The second-order valence-corrected chi connectivity index (χ2v) is 3.79. The minimum Gasteiger partial charge on any atom is -0.394 e. The third kappa shape index (κ3) is 4.31. The van der Waals surface area contributed by atoms with Crippen LogP contribution in [0.15, 0.2) is 24.3 Å². The van der Waals surface area contributed by atoms with E-state index in [2.05, 4.69) is 6.07 Å². The number of aliphatic hydroxyl groups excluding tert-OH is 2. The van der Waals surface area contributed by atoms with E-state index >= 15 is 0 Å². The molecule has 0 saturated heterocycles. The van der Waals surface area contributed by atoms with Crippen molar-refractivity contribution in [3.05, 3.63) is 35.9 Å². The summed E-state index contributed by atoms with van der Waals surface area (Å²) in [6.45, 7) is -0.157. The number of thioether (sulfide) groups is 1. The van der Waals surface area contributed by atoms with E-state index < -0.39 is 6.10 Å². The molecule has 3 heteroatoms. The van der Waals surface area contributed by atoms with E-state index in [1.807, 2.05) is 24.3 Å². The van der Waals surface area contributed by atoms with Gasteiger partial charge in [0, 0.05) is 11.5 Å². The highest BCUT2D eigenvalue weighted by atomic mass is 32.2. The summed E-state index contributed by atoms with van der Waals surface area (Å²) in [5, 5.41) is 17.6. The van der Waals surface area contributed by atoms with Gasteiger partial charge in [-0.3, -0.25) is 0 Å². The largest absolute Gasteiger partial charge is 0.394 e. The van der Waals surface area contributed by atoms with Crippen molar-refractivity contribution in [1.29, 1.82) is 0 Å². The van der Waals surface area contributed by atoms with Crippen LogP contribution in [0, 0.1) is 6.07 Å². The molecule has 0 heterocycles. The first-order valence-electron chi connectivity index (χ1n) is 4.14. The third-order valence-electron chi connectivity index (χ3n) is 1.58. The minimum absolute atomic E-state index is 0.157. The van der Waals surface area contributed by atoms with Gasteiger partial charge in [-0.05, 0) is 11.6 Å². The van der Waals surface area contributed by atoms with E-state index in [0.29, 0.717) is 5.75 Å². The molecule has 13 heavy (non-hydrogen) atoms. The van der Waals surface area contributed by atoms with Gasteiger partial charge in [0.2, 0.25) is 0 Å². The van der Waals surface area contributed by atoms with Crippen molar-refractivity contribution < 1.29 is 10.2 Å². The van der Waals surface area contributed by atoms with Crippen molar-refractivity contribution in [3.63, 3.8) is 0 Å². The molecule has 1 radical (unpaired) electrons. The molecule has 0 fully saturated rings. The number of aliphatic hydroxyl groups is 2. The molecule has 0 spiro atoms. The molecule has 1 aromatic rings. The van der Waals surface area contributed by atoms with Crippen molar-refractivity contribution in [1.82, 2.24) is 0 Å². The quantitative estimate of drug-likeness (QED) is 0.742. The monoisotopic (exact) mass is 197 g/mol. The van der Waals surface area contributed by atoms with Crippen LogP contribution in [0.2, 0.25) is 0 Å². The van der Waals surface area contributed by atoms with E-state index in [4.69, 9.17) is 10.2 Å². The van der Waals surface area contributed by atoms with Crippen LogP contribution in [-0.2, 0) is 5.75 Å². The Labute approximate surface area is 82.6 Å². The SMILES string of the molecule is OCC(O)CSCc1cc[c]cc1. The summed E-state index contributed by atoms with van der Waals surface area (Å²) in [4.78, 5) is 0. The molecule has 0 amide bonds. The maximum absolute atomic E-state index is 9.06. The van der Waals surface area contributed by atoms with E-state index in [-0.39, 0.29) is 6.61 Å². The van der Waals surface area contributed by atoms with Crippen molar-refractivity contribution in [3.8, 4) is 0 Å². The second-order valence-electron chi connectivity index (χ2n) is 2.76. The minimum atomic E-state index is -0.597. The van der Waals surface area contributed by atoms with Crippen LogP contribution >= 0.6 is 11.8 Å². The van der Waals surface area contributed by atoms with Gasteiger partial charge in [0.25, 0.3) is 0 Å². The van der Waals surface area contributed by atoms with Crippen LogP contribution in [0.1, 0.15) is 5.56 Å².